The highest BCUT2D eigenvalue weighted by Gasteiger charge is 2.25. The number of nitrogens with zero attached hydrogens (tertiary/aromatic N) is 2. The summed E-state index contributed by atoms with van der Waals surface area (Å²) in [6.07, 6.45) is 1.84. The number of carbonyl (C=O) groups is 1. The molecule has 3 rings (SSSR count). The molecule has 1 aliphatic heterocycles. The van der Waals surface area contributed by atoms with Crippen LogP contribution in [0, 0.1) is 0 Å². The summed E-state index contributed by atoms with van der Waals surface area (Å²) < 4.78 is 10.3. The van der Waals surface area contributed by atoms with Crippen molar-refractivity contribution in [2.24, 2.45) is 4.99 Å². The number of hydrogen-bond acceptors (Lipinski definition) is 5. The second kappa shape index (κ2) is 11.2. The van der Waals surface area contributed by atoms with Crippen molar-refractivity contribution < 1.29 is 14.3 Å². The number of carbonyl (C=O) groups excluding carboxylic acids is 1. The zero-order chi connectivity index (χ0) is 22.1. The first kappa shape index (κ1) is 22.5. The summed E-state index contributed by atoms with van der Waals surface area (Å²) in [5.41, 5.74) is 2.83. The summed E-state index contributed by atoms with van der Waals surface area (Å²) in [4.78, 5) is 18.6. The van der Waals surface area contributed by atoms with Crippen molar-refractivity contribution in [2.45, 2.75) is 25.8 Å². The predicted molar refractivity (Wildman–Crippen MR) is 124 cm³/mol. The van der Waals surface area contributed by atoms with Crippen LogP contribution in [-0.2, 0) is 11.2 Å². The van der Waals surface area contributed by atoms with Crippen LogP contribution in [0.15, 0.2) is 53.5 Å². The molecule has 0 amide bonds. The van der Waals surface area contributed by atoms with E-state index in [1.54, 1.807) is 19.2 Å². The number of hydrogen-bond donors (Lipinski definition) is 2. The molecule has 2 aromatic rings. The quantitative estimate of drug-likeness (QED) is 0.386. The fourth-order valence-corrected chi connectivity index (χ4v) is 3.72. The number of methoxy groups -OCH3 is 2. The van der Waals surface area contributed by atoms with E-state index in [4.69, 9.17) is 14.5 Å². The van der Waals surface area contributed by atoms with E-state index in [9.17, 15) is 4.79 Å². The molecule has 1 fully saturated rings. The SMILES string of the molecule is CCNC(=NCCc1ccc(C(=O)OC)cc1)NC1CCN(c2ccccc2OC)C1. The zero-order valence-corrected chi connectivity index (χ0v) is 18.6. The van der Waals surface area contributed by atoms with E-state index in [2.05, 4.69) is 28.5 Å². The average Bonchev–Trinajstić information content (AvgIpc) is 3.27. The van der Waals surface area contributed by atoms with Gasteiger partial charge in [-0.3, -0.25) is 4.99 Å². The van der Waals surface area contributed by atoms with Gasteiger partial charge in [-0.1, -0.05) is 24.3 Å². The number of anilines is 1. The summed E-state index contributed by atoms with van der Waals surface area (Å²) in [5, 5.41) is 6.91. The smallest absolute Gasteiger partial charge is 0.337 e. The number of benzene rings is 2. The van der Waals surface area contributed by atoms with Crippen molar-refractivity contribution in [2.75, 3.05) is 45.3 Å². The van der Waals surface area contributed by atoms with Crippen LogP contribution in [0.1, 0.15) is 29.3 Å². The van der Waals surface area contributed by atoms with Gasteiger partial charge in [0.2, 0.25) is 0 Å². The lowest BCUT2D eigenvalue weighted by molar-refractivity contribution is 0.0600. The van der Waals surface area contributed by atoms with E-state index in [0.29, 0.717) is 18.2 Å². The number of esters is 1. The summed E-state index contributed by atoms with van der Waals surface area (Å²) >= 11 is 0. The first-order chi connectivity index (χ1) is 15.1. The van der Waals surface area contributed by atoms with Crippen molar-refractivity contribution in [3.8, 4) is 5.75 Å². The third kappa shape index (κ3) is 6.13. The van der Waals surface area contributed by atoms with Crippen molar-refractivity contribution in [1.82, 2.24) is 10.6 Å². The topological polar surface area (TPSA) is 75.2 Å². The molecule has 7 heteroatoms. The molecule has 1 atom stereocenters. The van der Waals surface area contributed by atoms with Gasteiger partial charge in [-0.15, -0.1) is 0 Å². The first-order valence-electron chi connectivity index (χ1n) is 10.7. The number of ether oxygens (including phenoxy) is 2. The van der Waals surface area contributed by atoms with E-state index >= 15 is 0 Å². The van der Waals surface area contributed by atoms with Crippen molar-refractivity contribution in [3.05, 3.63) is 59.7 Å². The maximum absolute atomic E-state index is 11.5. The molecule has 1 aliphatic rings. The molecule has 0 aliphatic carbocycles. The predicted octanol–water partition coefficient (Wildman–Crippen LogP) is 2.86. The third-order valence-electron chi connectivity index (χ3n) is 5.34. The first-order valence-corrected chi connectivity index (χ1v) is 10.7. The normalized spacial score (nSPS) is 16.2. The Kier molecular flexibility index (Phi) is 8.15. The van der Waals surface area contributed by atoms with Crippen LogP contribution in [0.4, 0.5) is 5.69 Å². The van der Waals surface area contributed by atoms with E-state index in [1.165, 1.54) is 7.11 Å². The second-order valence-corrected chi connectivity index (χ2v) is 7.45. The van der Waals surface area contributed by atoms with Crippen LogP contribution in [-0.4, -0.2) is 58.4 Å². The molecule has 0 bridgehead atoms. The average molecular weight is 425 g/mol. The van der Waals surface area contributed by atoms with Crippen LogP contribution in [0.3, 0.4) is 0 Å². The molecule has 0 saturated carbocycles. The number of aliphatic imine (C=N–C) groups is 1. The van der Waals surface area contributed by atoms with E-state index in [0.717, 1.165) is 55.4 Å². The van der Waals surface area contributed by atoms with Crippen LogP contribution >= 0.6 is 0 Å². The van der Waals surface area contributed by atoms with E-state index in [1.807, 2.05) is 30.3 Å². The minimum atomic E-state index is -0.318. The standard InChI is InChI=1S/C24H32N4O3/c1-4-25-24(26-15-13-18-9-11-19(12-10-18)23(29)31-3)27-20-14-16-28(17-20)21-7-5-6-8-22(21)30-2/h5-12,20H,4,13-17H2,1-3H3,(H2,25,26,27). The van der Waals surface area contributed by atoms with Crippen LogP contribution in [0.25, 0.3) is 0 Å². The van der Waals surface area contributed by atoms with Crippen molar-refractivity contribution in [1.29, 1.82) is 0 Å². The summed E-state index contributed by atoms with van der Waals surface area (Å²) in [6, 6.07) is 15.9. The number of guanidine groups is 1. The highest BCUT2D eigenvalue weighted by atomic mass is 16.5. The van der Waals surface area contributed by atoms with Crippen LogP contribution in [0.2, 0.25) is 0 Å². The Morgan fingerprint density at radius 1 is 1.16 bits per heavy atom. The van der Waals surface area contributed by atoms with Gasteiger partial charge in [0.25, 0.3) is 0 Å². The van der Waals surface area contributed by atoms with Gasteiger partial charge < -0.3 is 25.0 Å². The molecule has 166 valence electrons. The molecule has 1 saturated heterocycles. The van der Waals surface area contributed by atoms with Crippen molar-refractivity contribution in [3.63, 3.8) is 0 Å². The lowest BCUT2D eigenvalue weighted by Crippen LogP contribution is -2.44. The Balaban J connectivity index is 1.54. The lowest BCUT2D eigenvalue weighted by Gasteiger charge is -2.22. The van der Waals surface area contributed by atoms with Gasteiger partial charge in [-0.2, -0.15) is 0 Å². The Labute approximate surface area is 184 Å². The molecular formula is C24H32N4O3. The van der Waals surface area contributed by atoms with E-state index in [-0.39, 0.29) is 5.97 Å². The minimum Gasteiger partial charge on any atom is -0.495 e. The van der Waals surface area contributed by atoms with Crippen molar-refractivity contribution >= 4 is 17.6 Å². The fourth-order valence-electron chi connectivity index (χ4n) is 3.72. The van der Waals surface area contributed by atoms with Gasteiger partial charge in [0.05, 0.1) is 25.5 Å². The number of nitrogens with one attached hydrogen (secondary N) is 2. The lowest BCUT2D eigenvalue weighted by atomic mass is 10.1. The van der Waals surface area contributed by atoms with Gasteiger partial charge in [0.1, 0.15) is 5.75 Å². The zero-order valence-electron chi connectivity index (χ0n) is 18.6. The summed E-state index contributed by atoms with van der Waals surface area (Å²) in [7, 11) is 3.10. The van der Waals surface area contributed by atoms with Gasteiger partial charge in [0, 0.05) is 32.2 Å². The van der Waals surface area contributed by atoms with Gasteiger partial charge in [-0.25, -0.2) is 4.79 Å². The molecule has 2 N–H and O–H groups in total. The molecule has 1 unspecified atom stereocenters. The van der Waals surface area contributed by atoms with Gasteiger partial charge in [-0.05, 0) is 49.6 Å². The molecule has 31 heavy (non-hydrogen) atoms. The van der Waals surface area contributed by atoms with Gasteiger partial charge >= 0.3 is 5.97 Å². The molecular weight excluding hydrogens is 392 g/mol. The third-order valence-corrected chi connectivity index (χ3v) is 5.34. The summed E-state index contributed by atoms with van der Waals surface area (Å²) in [6.45, 7) is 5.42. The highest BCUT2D eigenvalue weighted by molar-refractivity contribution is 5.89. The minimum absolute atomic E-state index is 0.318. The largest absolute Gasteiger partial charge is 0.495 e. The van der Waals surface area contributed by atoms with Crippen LogP contribution in [0.5, 0.6) is 5.75 Å². The maximum Gasteiger partial charge on any atom is 0.337 e. The molecule has 7 nitrogen and oxygen atoms in total. The molecule has 0 spiro atoms. The Morgan fingerprint density at radius 3 is 2.65 bits per heavy atom. The Hall–Kier alpha value is -3.22. The maximum atomic E-state index is 11.5. The second-order valence-electron chi connectivity index (χ2n) is 7.45. The van der Waals surface area contributed by atoms with E-state index < -0.39 is 0 Å². The fraction of sp³-hybridized carbons (Fsp3) is 0.417. The monoisotopic (exact) mass is 424 g/mol. The molecule has 0 aromatic heterocycles. The Bertz CT molecular complexity index is 883. The number of para-hydroxylation sites is 2. The summed E-state index contributed by atoms with van der Waals surface area (Å²) in [5.74, 6) is 1.42. The molecule has 1 heterocycles. The Morgan fingerprint density at radius 2 is 1.94 bits per heavy atom. The molecule has 0 radical (unpaired) electrons. The highest BCUT2D eigenvalue weighted by Crippen LogP contribution is 2.30. The van der Waals surface area contributed by atoms with Crippen LogP contribution < -0.4 is 20.3 Å². The number of rotatable bonds is 8. The molecule has 2 aromatic carbocycles. The van der Waals surface area contributed by atoms with Gasteiger partial charge in [0.15, 0.2) is 5.96 Å².